The standard InChI is InChI=1S/C16H12O4/c17-15(18)13-8-9-14(16(19)20)12(10-13)7-6-11-4-2-1-3-5-11/h1-10H,(H,17,18)(H,19,20)/b7-6+. The van der Waals surface area contributed by atoms with Gasteiger partial charge in [0.05, 0.1) is 11.1 Å². The molecule has 4 nitrogen and oxygen atoms in total. The Kier molecular flexibility index (Phi) is 3.96. The first-order valence-electron chi connectivity index (χ1n) is 5.91. The number of carbonyl (C=O) groups is 2. The summed E-state index contributed by atoms with van der Waals surface area (Å²) in [5.74, 6) is -2.18. The van der Waals surface area contributed by atoms with Crippen molar-refractivity contribution in [3.05, 3.63) is 70.8 Å². The second kappa shape index (κ2) is 5.84. The molecule has 0 aromatic heterocycles. The Morgan fingerprint density at radius 1 is 0.850 bits per heavy atom. The summed E-state index contributed by atoms with van der Waals surface area (Å²) in [6.45, 7) is 0. The van der Waals surface area contributed by atoms with Gasteiger partial charge in [0.25, 0.3) is 0 Å². The Hall–Kier alpha value is -2.88. The van der Waals surface area contributed by atoms with Gasteiger partial charge < -0.3 is 10.2 Å². The zero-order chi connectivity index (χ0) is 14.5. The first-order valence-corrected chi connectivity index (χ1v) is 5.91. The van der Waals surface area contributed by atoms with Crippen LogP contribution in [0.25, 0.3) is 12.2 Å². The number of aromatic carboxylic acids is 2. The lowest BCUT2D eigenvalue weighted by Crippen LogP contribution is -2.03. The van der Waals surface area contributed by atoms with E-state index < -0.39 is 11.9 Å². The molecular weight excluding hydrogens is 256 g/mol. The molecule has 0 atom stereocenters. The predicted molar refractivity (Wildman–Crippen MR) is 75.7 cm³/mol. The van der Waals surface area contributed by atoms with Crippen LogP contribution in [0.15, 0.2) is 48.5 Å². The van der Waals surface area contributed by atoms with E-state index in [2.05, 4.69) is 0 Å². The molecule has 0 unspecified atom stereocenters. The van der Waals surface area contributed by atoms with E-state index in [1.54, 1.807) is 12.2 Å². The van der Waals surface area contributed by atoms with Crippen LogP contribution >= 0.6 is 0 Å². The highest BCUT2D eigenvalue weighted by molar-refractivity contribution is 5.96. The molecule has 0 spiro atoms. The summed E-state index contributed by atoms with van der Waals surface area (Å²) < 4.78 is 0. The van der Waals surface area contributed by atoms with Gasteiger partial charge in [0, 0.05) is 0 Å². The number of hydrogen-bond donors (Lipinski definition) is 2. The van der Waals surface area contributed by atoms with Gasteiger partial charge in [-0.2, -0.15) is 0 Å². The second-order valence-electron chi connectivity index (χ2n) is 4.16. The van der Waals surface area contributed by atoms with E-state index in [1.165, 1.54) is 18.2 Å². The summed E-state index contributed by atoms with van der Waals surface area (Å²) in [7, 11) is 0. The third-order valence-electron chi connectivity index (χ3n) is 2.78. The molecule has 2 aromatic carbocycles. The fourth-order valence-corrected chi connectivity index (χ4v) is 1.78. The van der Waals surface area contributed by atoms with Crippen molar-refractivity contribution in [2.24, 2.45) is 0 Å². The van der Waals surface area contributed by atoms with Gasteiger partial charge in [0.2, 0.25) is 0 Å². The molecule has 2 rings (SSSR count). The summed E-state index contributed by atoms with van der Waals surface area (Å²) >= 11 is 0. The molecular formula is C16H12O4. The molecule has 0 bridgehead atoms. The van der Waals surface area contributed by atoms with Gasteiger partial charge in [-0.25, -0.2) is 9.59 Å². The van der Waals surface area contributed by atoms with E-state index in [9.17, 15) is 9.59 Å². The number of benzene rings is 2. The lowest BCUT2D eigenvalue weighted by atomic mass is 10.0. The summed E-state index contributed by atoms with van der Waals surface area (Å²) in [4.78, 5) is 22.1. The molecule has 4 heteroatoms. The summed E-state index contributed by atoms with van der Waals surface area (Å²) in [5.41, 5.74) is 1.40. The van der Waals surface area contributed by atoms with Crippen LogP contribution in [-0.4, -0.2) is 22.2 Å². The molecule has 2 N–H and O–H groups in total. The van der Waals surface area contributed by atoms with Crippen molar-refractivity contribution in [1.29, 1.82) is 0 Å². The molecule has 0 fully saturated rings. The maximum absolute atomic E-state index is 11.1. The van der Waals surface area contributed by atoms with Gasteiger partial charge in [-0.15, -0.1) is 0 Å². The first kappa shape index (κ1) is 13.5. The minimum atomic E-state index is -1.09. The van der Waals surface area contributed by atoms with Gasteiger partial charge in [-0.3, -0.25) is 0 Å². The van der Waals surface area contributed by atoms with E-state index in [0.717, 1.165) is 5.56 Å². The molecule has 0 amide bonds. The number of carboxylic acids is 2. The summed E-state index contributed by atoms with van der Waals surface area (Å²) in [6.07, 6.45) is 3.35. The molecule has 0 radical (unpaired) electrons. The van der Waals surface area contributed by atoms with E-state index in [4.69, 9.17) is 10.2 Å². The minimum Gasteiger partial charge on any atom is -0.478 e. The van der Waals surface area contributed by atoms with Crippen molar-refractivity contribution in [3.8, 4) is 0 Å². The van der Waals surface area contributed by atoms with E-state index in [0.29, 0.717) is 5.56 Å². The molecule has 0 heterocycles. The van der Waals surface area contributed by atoms with Crippen molar-refractivity contribution in [1.82, 2.24) is 0 Å². The molecule has 0 saturated carbocycles. The van der Waals surface area contributed by atoms with Crippen molar-refractivity contribution >= 4 is 24.1 Å². The Bertz CT molecular complexity index is 672. The van der Waals surface area contributed by atoms with E-state index >= 15 is 0 Å². The molecule has 0 aliphatic rings. The zero-order valence-electron chi connectivity index (χ0n) is 10.5. The Labute approximate surface area is 115 Å². The van der Waals surface area contributed by atoms with E-state index in [-0.39, 0.29) is 11.1 Å². The van der Waals surface area contributed by atoms with Crippen LogP contribution in [0.1, 0.15) is 31.8 Å². The Morgan fingerprint density at radius 3 is 2.15 bits per heavy atom. The highest BCUT2D eigenvalue weighted by Gasteiger charge is 2.11. The van der Waals surface area contributed by atoms with Crippen LogP contribution in [0.2, 0.25) is 0 Å². The first-order chi connectivity index (χ1) is 9.58. The lowest BCUT2D eigenvalue weighted by Gasteiger charge is -2.03. The van der Waals surface area contributed by atoms with Crippen LogP contribution in [0.5, 0.6) is 0 Å². The highest BCUT2D eigenvalue weighted by Crippen LogP contribution is 2.16. The van der Waals surface area contributed by atoms with Crippen LogP contribution in [-0.2, 0) is 0 Å². The molecule has 2 aromatic rings. The van der Waals surface area contributed by atoms with Crippen LogP contribution in [0.4, 0.5) is 0 Å². The number of rotatable bonds is 4. The fraction of sp³-hybridized carbons (Fsp3) is 0. The quantitative estimate of drug-likeness (QED) is 0.835. The van der Waals surface area contributed by atoms with Crippen molar-refractivity contribution in [3.63, 3.8) is 0 Å². The van der Waals surface area contributed by atoms with Gasteiger partial charge in [-0.1, -0.05) is 42.5 Å². The molecule has 100 valence electrons. The van der Waals surface area contributed by atoms with Gasteiger partial charge in [-0.05, 0) is 29.3 Å². The number of carboxylic acid groups (broad SMARTS) is 2. The predicted octanol–water partition coefficient (Wildman–Crippen LogP) is 3.25. The average molecular weight is 268 g/mol. The molecule has 0 aliphatic heterocycles. The van der Waals surface area contributed by atoms with Crippen molar-refractivity contribution < 1.29 is 19.8 Å². The lowest BCUT2D eigenvalue weighted by molar-refractivity contribution is 0.0681. The highest BCUT2D eigenvalue weighted by atomic mass is 16.4. The SMILES string of the molecule is O=C(O)c1ccc(C(=O)O)c(/C=C/c2ccccc2)c1. The Morgan fingerprint density at radius 2 is 1.55 bits per heavy atom. The number of hydrogen-bond acceptors (Lipinski definition) is 2. The van der Waals surface area contributed by atoms with Gasteiger partial charge in [0.15, 0.2) is 0 Å². The molecule has 0 saturated heterocycles. The summed E-state index contributed by atoms with van der Waals surface area (Å²) in [5, 5.41) is 18.1. The van der Waals surface area contributed by atoms with Crippen molar-refractivity contribution in [2.45, 2.75) is 0 Å². The topological polar surface area (TPSA) is 74.6 Å². The average Bonchev–Trinajstić information content (AvgIpc) is 2.45. The molecule has 0 aliphatic carbocycles. The van der Waals surface area contributed by atoms with E-state index in [1.807, 2.05) is 30.3 Å². The van der Waals surface area contributed by atoms with Gasteiger partial charge in [0.1, 0.15) is 0 Å². The third-order valence-corrected chi connectivity index (χ3v) is 2.78. The molecule has 20 heavy (non-hydrogen) atoms. The maximum Gasteiger partial charge on any atom is 0.336 e. The van der Waals surface area contributed by atoms with Crippen LogP contribution in [0.3, 0.4) is 0 Å². The minimum absolute atomic E-state index is 0.0581. The smallest absolute Gasteiger partial charge is 0.336 e. The monoisotopic (exact) mass is 268 g/mol. The summed E-state index contributed by atoms with van der Waals surface area (Å²) in [6, 6.07) is 13.3. The third kappa shape index (κ3) is 3.11. The van der Waals surface area contributed by atoms with Gasteiger partial charge >= 0.3 is 11.9 Å². The fourth-order valence-electron chi connectivity index (χ4n) is 1.78. The maximum atomic E-state index is 11.1. The van der Waals surface area contributed by atoms with Crippen molar-refractivity contribution in [2.75, 3.05) is 0 Å². The largest absolute Gasteiger partial charge is 0.478 e. The second-order valence-corrected chi connectivity index (χ2v) is 4.16. The Balaban J connectivity index is 2.43. The van der Waals surface area contributed by atoms with Crippen LogP contribution < -0.4 is 0 Å². The van der Waals surface area contributed by atoms with Crippen LogP contribution in [0, 0.1) is 0 Å². The zero-order valence-corrected chi connectivity index (χ0v) is 10.5. The normalized spacial score (nSPS) is 10.6.